The number of amides is 1. The molecule has 1 fully saturated rings. The molecule has 1 saturated heterocycles. The molecule has 1 aliphatic rings. The average molecular weight is 327 g/mol. The van der Waals surface area contributed by atoms with Gasteiger partial charge in [0.1, 0.15) is 5.75 Å². The number of methoxy groups -OCH3 is 1. The molecule has 24 heavy (non-hydrogen) atoms. The predicted octanol–water partition coefficient (Wildman–Crippen LogP) is 1.36. The van der Waals surface area contributed by atoms with Crippen molar-refractivity contribution in [2.75, 3.05) is 38.2 Å². The highest BCUT2D eigenvalue weighted by Crippen LogP contribution is 2.20. The largest absolute Gasteiger partial charge is 0.497 e. The van der Waals surface area contributed by atoms with Gasteiger partial charge in [0.2, 0.25) is 5.56 Å². The Bertz CT molecular complexity index is 775. The van der Waals surface area contributed by atoms with Crippen LogP contribution < -0.4 is 15.2 Å². The third kappa shape index (κ3) is 3.27. The van der Waals surface area contributed by atoms with E-state index in [4.69, 9.17) is 4.74 Å². The van der Waals surface area contributed by atoms with Gasteiger partial charge in [-0.25, -0.2) is 0 Å². The molecule has 2 heterocycles. The smallest absolute Gasteiger partial charge is 0.255 e. The molecule has 0 bridgehead atoms. The first kappa shape index (κ1) is 16.1. The van der Waals surface area contributed by atoms with Gasteiger partial charge in [0, 0.05) is 51.2 Å². The summed E-state index contributed by atoms with van der Waals surface area (Å²) in [6, 6.07) is 11.0. The van der Waals surface area contributed by atoms with Gasteiger partial charge >= 0.3 is 0 Å². The Morgan fingerprint density at radius 3 is 2.25 bits per heavy atom. The molecule has 0 saturated carbocycles. The molecule has 1 aromatic heterocycles. The number of aromatic nitrogens is 1. The summed E-state index contributed by atoms with van der Waals surface area (Å²) in [5.74, 6) is 0.808. The van der Waals surface area contributed by atoms with Gasteiger partial charge in [0.25, 0.3) is 5.91 Å². The second kappa shape index (κ2) is 6.78. The lowest BCUT2D eigenvalue weighted by molar-refractivity contribution is 0.0746. The molecule has 6 nitrogen and oxygen atoms in total. The zero-order valence-corrected chi connectivity index (χ0v) is 13.9. The molecular formula is C18H21N3O3. The van der Waals surface area contributed by atoms with Crippen LogP contribution in [-0.2, 0) is 7.05 Å². The third-order valence-corrected chi connectivity index (χ3v) is 4.34. The Hall–Kier alpha value is -2.76. The summed E-state index contributed by atoms with van der Waals surface area (Å²) in [4.78, 5) is 28.1. The van der Waals surface area contributed by atoms with E-state index in [2.05, 4.69) is 4.90 Å². The number of nitrogens with zero attached hydrogens (tertiary/aromatic N) is 3. The number of hydrogen-bond acceptors (Lipinski definition) is 4. The highest BCUT2D eigenvalue weighted by Gasteiger charge is 2.22. The Labute approximate surface area is 140 Å². The number of ether oxygens (including phenoxy) is 1. The van der Waals surface area contributed by atoms with Crippen LogP contribution in [0.4, 0.5) is 5.69 Å². The number of aryl methyl sites for hydroxylation is 1. The Kier molecular flexibility index (Phi) is 4.55. The van der Waals surface area contributed by atoms with Gasteiger partial charge < -0.3 is 19.1 Å². The van der Waals surface area contributed by atoms with Crippen molar-refractivity contribution in [3.05, 3.63) is 58.5 Å². The summed E-state index contributed by atoms with van der Waals surface area (Å²) in [6.07, 6.45) is 1.60. The van der Waals surface area contributed by atoms with Gasteiger partial charge in [-0.3, -0.25) is 9.59 Å². The third-order valence-electron chi connectivity index (χ3n) is 4.34. The van der Waals surface area contributed by atoms with Crippen molar-refractivity contribution in [3.63, 3.8) is 0 Å². The van der Waals surface area contributed by atoms with Crippen LogP contribution in [0.1, 0.15) is 10.4 Å². The van der Waals surface area contributed by atoms with E-state index in [1.165, 1.54) is 10.6 Å². The maximum absolute atomic E-state index is 12.6. The molecule has 2 aromatic rings. The molecule has 0 radical (unpaired) electrons. The second-order valence-electron chi connectivity index (χ2n) is 5.84. The first-order chi connectivity index (χ1) is 11.6. The van der Waals surface area contributed by atoms with Gasteiger partial charge in [-0.1, -0.05) is 0 Å². The zero-order valence-electron chi connectivity index (χ0n) is 13.9. The first-order valence-electron chi connectivity index (χ1n) is 7.93. The molecule has 1 amide bonds. The predicted molar refractivity (Wildman–Crippen MR) is 92.8 cm³/mol. The van der Waals surface area contributed by atoms with Crippen molar-refractivity contribution in [3.8, 4) is 5.75 Å². The quantitative estimate of drug-likeness (QED) is 0.854. The van der Waals surface area contributed by atoms with Crippen LogP contribution in [0.2, 0.25) is 0 Å². The van der Waals surface area contributed by atoms with Gasteiger partial charge in [0.15, 0.2) is 0 Å². The molecule has 126 valence electrons. The van der Waals surface area contributed by atoms with Gasteiger partial charge in [-0.15, -0.1) is 0 Å². The van der Waals surface area contributed by atoms with E-state index in [0.29, 0.717) is 18.7 Å². The summed E-state index contributed by atoms with van der Waals surface area (Å²) >= 11 is 0. The number of pyridine rings is 1. The first-order valence-corrected chi connectivity index (χ1v) is 7.93. The van der Waals surface area contributed by atoms with E-state index >= 15 is 0 Å². The lowest BCUT2D eigenvalue weighted by Gasteiger charge is -2.36. The molecule has 0 unspecified atom stereocenters. The topological polar surface area (TPSA) is 54.8 Å². The van der Waals surface area contributed by atoms with Gasteiger partial charge in [0.05, 0.1) is 12.7 Å². The van der Waals surface area contributed by atoms with Crippen LogP contribution in [0.25, 0.3) is 0 Å². The fourth-order valence-electron chi connectivity index (χ4n) is 2.86. The van der Waals surface area contributed by atoms with Gasteiger partial charge in [-0.2, -0.15) is 0 Å². The minimum Gasteiger partial charge on any atom is -0.497 e. The monoisotopic (exact) mass is 327 g/mol. The van der Waals surface area contributed by atoms with E-state index in [1.54, 1.807) is 26.4 Å². The minimum atomic E-state index is -0.115. The molecule has 1 aromatic carbocycles. The fourth-order valence-corrected chi connectivity index (χ4v) is 2.86. The number of hydrogen-bond donors (Lipinski definition) is 0. The van der Waals surface area contributed by atoms with Crippen molar-refractivity contribution >= 4 is 11.6 Å². The van der Waals surface area contributed by atoms with E-state index in [9.17, 15) is 9.59 Å². The second-order valence-corrected chi connectivity index (χ2v) is 5.84. The summed E-state index contributed by atoms with van der Waals surface area (Å²) in [5, 5.41) is 0. The van der Waals surface area contributed by atoms with Crippen LogP contribution in [-0.4, -0.2) is 48.7 Å². The van der Waals surface area contributed by atoms with Crippen LogP contribution in [0.15, 0.2) is 47.4 Å². The molecule has 3 rings (SSSR count). The number of rotatable bonds is 3. The average Bonchev–Trinajstić information content (AvgIpc) is 2.63. The normalized spacial score (nSPS) is 14.6. The van der Waals surface area contributed by atoms with Crippen molar-refractivity contribution in [2.24, 2.45) is 7.05 Å². The van der Waals surface area contributed by atoms with Crippen molar-refractivity contribution in [1.29, 1.82) is 0 Å². The molecular weight excluding hydrogens is 306 g/mol. The summed E-state index contributed by atoms with van der Waals surface area (Å²) in [7, 11) is 3.31. The van der Waals surface area contributed by atoms with Crippen molar-refractivity contribution < 1.29 is 9.53 Å². The minimum absolute atomic E-state index is 0.0278. The Morgan fingerprint density at radius 2 is 1.67 bits per heavy atom. The zero-order chi connectivity index (χ0) is 17.1. The van der Waals surface area contributed by atoms with Gasteiger partial charge in [-0.05, 0) is 30.3 Å². The highest BCUT2D eigenvalue weighted by molar-refractivity contribution is 5.94. The Balaban J connectivity index is 1.64. The molecule has 0 atom stereocenters. The summed E-state index contributed by atoms with van der Waals surface area (Å²) < 4.78 is 6.61. The van der Waals surface area contributed by atoms with Crippen LogP contribution in [0.3, 0.4) is 0 Å². The number of piperazine rings is 1. The van der Waals surface area contributed by atoms with E-state index in [0.717, 1.165) is 24.5 Å². The van der Waals surface area contributed by atoms with Crippen molar-refractivity contribution in [2.45, 2.75) is 0 Å². The lowest BCUT2D eigenvalue weighted by atomic mass is 10.2. The molecule has 6 heteroatoms. The number of benzene rings is 1. The van der Waals surface area contributed by atoms with E-state index in [-0.39, 0.29) is 11.5 Å². The molecule has 0 N–H and O–H groups in total. The SMILES string of the molecule is COc1ccc(N2CCN(C(=O)c3ccc(=O)n(C)c3)CC2)cc1. The lowest BCUT2D eigenvalue weighted by Crippen LogP contribution is -2.48. The molecule has 1 aliphatic heterocycles. The summed E-state index contributed by atoms with van der Waals surface area (Å²) in [6.45, 7) is 2.88. The van der Waals surface area contributed by atoms with Crippen LogP contribution in [0, 0.1) is 0 Å². The standard InChI is InChI=1S/C18H21N3O3/c1-19-13-14(3-8-17(19)22)18(23)21-11-9-20(10-12-21)15-4-6-16(24-2)7-5-15/h3-8,13H,9-12H2,1-2H3. The van der Waals surface area contributed by atoms with Crippen LogP contribution >= 0.6 is 0 Å². The maximum Gasteiger partial charge on any atom is 0.255 e. The number of carbonyl (C=O) groups excluding carboxylic acids is 1. The maximum atomic E-state index is 12.6. The number of anilines is 1. The fraction of sp³-hybridized carbons (Fsp3) is 0.333. The molecule has 0 aliphatic carbocycles. The van der Waals surface area contributed by atoms with Crippen molar-refractivity contribution in [1.82, 2.24) is 9.47 Å². The van der Waals surface area contributed by atoms with E-state index in [1.807, 2.05) is 29.2 Å². The Morgan fingerprint density at radius 1 is 1.00 bits per heavy atom. The summed E-state index contributed by atoms with van der Waals surface area (Å²) in [5.41, 5.74) is 1.57. The van der Waals surface area contributed by atoms with Crippen LogP contribution in [0.5, 0.6) is 5.75 Å². The molecule has 0 spiro atoms. The number of carbonyl (C=O) groups is 1. The highest BCUT2D eigenvalue weighted by atomic mass is 16.5. The van der Waals surface area contributed by atoms with E-state index < -0.39 is 0 Å².